The van der Waals surface area contributed by atoms with Crippen LogP contribution in [0.2, 0.25) is 0 Å². The van der Waals surface area contributed by atoms with Gasteiger partial charge in [-0.3, -0.25) is 4.79 Å². The number of hydrogen-bond acceptors (Lipinski definition) is 4. The molecule has 5 nitrogen and oxygen atoms in total. The SMILES string of the molecule is Cc1ccc(C[C@H]2[C@@H](O)CCCN2C(=O)c2cnc(C3CC3)nc2)cc1. The molecule has 0 bridgehead atoms. The van der Waals surface area contributed by atoms with Crippen molar-refractivity contribution in [1.29, 1.82) is 0 Å². The lowest BCUT2D eigenvalue weighted by molar-refractivity contribution is 0.0118. The van der Waals surface area contributed by atoms with Gasteiger partial charge in [0.25, 0.3) is 5.91 Å². The molecule has 136 valence electrons. The molecular formula is C21H25N3O2. The van der Waals surface area contributed by atoms with Crippen molar-refractivity contribution in [3.8, 4) is 0 Å². The van der Waals surface area contributed by atoms with Crippen LogP contribution >= 0.6 is 0 Å². The fourth-order valence-corrected chi connectivity index (χ4v) is 3.67. The minimum absolute atomic E-state index is 0.0804. The molecule has 5 heteroatoms. The molecule has 0 spiro atoms. The van der Waals surface area contributed by atoms with E-state index in [1.807, 2.05) is 4.90 Å². The van der Waals surface area contributed by atoms with Crippen LogP contribution in [0.5, 0.6) is 0 Å². The third kappa shape index (κ3) is 3.63. The minimum atomic E-state index is -0.499. The summed E-state index contributed by atoms with van der Waals surface area (Å²) in [4.78, 5) is 23.6. The molecule has 1 amide bonds. The first-order valence-corrected chi connectivity index (χ1v) is 9.48. The van der Waals surface area contributed by atoms with E-state index < -0.39 is 6.10 Å². The van der Waals surface area contributed by atoms with Gasteiger partial charge in [0.2, 0.25) is 0 Å². The topological polar surface area (TPSA) is 66.3 Å². The first kappa shape index (κ1) is 17.2. The lowest BCUT2D eigenvalue weighted by Gasteiger charge is -2.39. The van der Waals surface area contributed by atoms with Gasteiger partial charge >= 0.3 is 0 Å². The van der Waals surface area contributed by atoms with Gasteiger partial charge in [-0.1, -0.05) is 29.8 Å². The van der Waals surface area contributed by atoms with Crippen LogP contribution in [0, 0.1) is 6.92 Å². The Bertz CT molecular complexity index is 769. The summed E-state index contributed by atoms with van der Waals surface area (Å²) < 4.78 is 0. The second-order valence-electron chi connectivity index (χ2n) is 7.57. The third-order valence-electron chi connectivity index (χ3n) is 5.43. The summed E-state index contributed by atoms with van der Waals surface area (Å²) in [5.41, 5.74) is 2.86. The van der Waals surface area contributed by atoms with E-state index in [1.165, 1.54) is 5.56 Å². The average molecular weight is 351 g/mol. The Kier molecular flexibility index (Phi) is 4.72. The quantitative estimate of drug-likeness (QED) is 0.920. The van der Waals surface area contributed by atoms with Gasteiger partial charge in [-0.15, -0.1) is 0 Å². The summed E-state index contributed by atoms with van der Waals surface area (Å²) in [5, 5.41) is 10.6. The molecule has 1 saturated carbocycles. The molecule has 2 aromatic rings. The number of carbonyl (C=O) groups is 1. The predicted octanol–water partition coefficient (Wildman–Crippen LogP) is 2.87. The summed E-state index contributed by atoms with van der Waals surface area (Å²) in [5.74, 6) is 1.24. The Morgan fingerprint density at radius 1 is 1.15 bits per heavy atom. The zero-order chi connectivity index (χ0) is 18.1. The summed E-state index contributed by atoms with van der Waals surface area (Å²) in [6.45, 7) is 2.72. The molecule has 2 atom stereocenters. The van der Waals surface area contributed by atoms with Gasteiger partial charge in [0.15, 0.2) is 0 Å². The second kappa shape index (κ2) is 7.16. The highest BCUT2D eigenvalue weighted by Crippen LogP contribution is 2.37. The number of aliphatic hydroxyl groups excluding tert-OH is 1. The molecule has 1 aromatic carbocycles. The van der Waals surface area contributed by atoms with Crippen LogP contribution in [0.3, 0.4) is 0 Å². The van der Waals surface area contributed by atoms with Gasteiger partial charge in [-0.25, -0.2) is 9.97 Å². The van der Waals surface area contributed by atoms with Crippen LogP contribution < -0.4 is 0 Å². The first-order valence-electron chi connectivity index (χ1n) is 9.48. The molecule has 1 aromatic heterocycles. The smallest absolute Gasteiger partial charge is 0.257 e. The number of amides is 1. The summed E-state index contributed by atoms with van der Waals surface area (Å²) in [7, 11) is 0. The lowest BCUT2D eigenvalue weighted by Crippen LogP contribution is -2.52. The van der Waals surface area contributed by atoms with Crippen molar-refractivity contribution < 1.29 is 9.90 Å². The van der Waals surface area contributed by atoms with E-state index >= 15 is 0 Å². The van der Waals surface area contributed by atoms with Crippen LogP contribution in [-0.2, 0) is 6.42 Å². The highest BCUT2D eigenvalue weighted by molar-refractivity contribution is 5.94. The van der Waals surface area contributed by atoms with Crippen LogP contribution in [0.4, 0.5) is 0 Å². The maximum atomic E-state index is 13.0. The summed E-state index contributed by atoms with van der Waals surface area (Å²) in [6.07, 6.45) is 7.29. The van der Waals surface area contributed by atoms with E-state index in [0.29, 0.717) is 24.4 Å². The Hall–Kier alpha value is -2.27. The van der Waals surface area contributed by atoms with Gasteiger partial charge in [-0.05, 0) is 44.6 Å². The fraction of sp³-hybridized carbons (Fsp3) is 0.476. The van der Waals surface area contributed by atoms with E-state index in [1.54, 1.807) is 12.4 Å². The monoisotopic (exact) mass is 351 g/mol. The van der Waals surface area contributed by atoms with E-state index in [-0.39, 0.29) is 11.9 Å². The van der Waals surface area contributed by atoms with Crippen molar-refractivity contribution in [2.45, 2.75) is 57.1 Å². The zero-order valence-corrected chi connectivity index (χ0v) is 15.1. The van der Waals surface area contributed by atoms with Crippen molar-refractivity contribution in [2.24, 2.45) is 0 Å². The molecule has 26 heavy (non-hydrogen) atoms. The second-order valence-corrected chi connectivity index (χ2v) is 7.57. The third-order valence-corrected chi connectivity index (χ3v) is 5.43. The molecule has 1 N–H and O–H groups in total. The van der Waals surface area contributed by atoms with Gasteiger partial charge in [-0.2, -0.15) is 0 Å². The molecule has 2 heterocycles. The Morgan fingerprint density at radius 3 is 2.50 bits per heavy atom. The molecule has 2 aliphatic rings. The molecule has 1 aliphatic heterocycles. The number of hydrogen-bond donors (Lipinski definition) is 1. The maximum absolute atomic E-state index is 13.0. The standard InChI is InChI=1S/C21H25N3O2/c1-14-4-6-15(7-5-14)11-18-19(25)3-2-10-24(18)21(26)17-12-22-20(23-13-17)16-8-9-16/h4-7,12-13,16,18-19,25H,2-3,8-11H2,1H3/t18-,19-/m0/s1. The number of aryl methyl sites for hydroxylation is 1. The fourth-order valence-electron chi connectivity index (χ4n) is 3.67. The van der Waals surface area contributed by atoms with Crippen molar-refractivity contribution in [3.63, 3.8) is 0 Å². The molecule has 0 unspecified atom stereocenters. The lowest BCUT2D eigenvalue weighted by atomic mass is 9.92. The van der Waals surface area contributed by atoms with Gasteiger partial charge in [0.05, 0.1) is 17.7 Å². The number of carbonyl (C=O) groups excluding carboxylic acids is 1. The molecule has 1 saturated heterocycles. The predicted molar refractivity (Wildman–Crippen MR) is 99.0 cm³/mol. The summed E-state index contributed by atoms with van der Waals surface area (Å²) in [6, 6.07) is 8.09. The normalized spacial score (nSPS) is 23.1. The molecule has 4 rings (SSSR count). The van der Waals surface area contributed by atoms with E-state index in [0.717, 1.165) is 37.1 Å². The highest BCUT2D eigenvalue weighted by Gasteiger charge is 2.34. The van der Waals surface area contributed by atoms with E-state index in [9.17, 15) is 9.90 Å². The first-order chi connectivity index (χ1) is 12.6. The number of nitrogens with zero attached hydrogens (tertiary/aromatic N) is 3. The van der Waals surface area contributed by atoms with Crippen molar-refractivity contribution in [3.05, 3.63) is 59.2 Å². The Labute approximate surface area is 154 Å². The zero-order valence-electron chi connectivity index (χ0n) is 15.1. The molecule has 1 aliphatic carbocycles. The number of likely N-dealkylation sites (tertiary alicyclic amines) is 1. The van der Waals surface area contributed by atoms with Crippen LogP contribution in [0.1, 0.15) is 58.9 Å². The van der Waals surface area contributed by atoms with E-state index in [4.69, 9.17) is 0 Å². The largest absolute Gasteiger partial charge is 0.391 e. The Balaban J connectivity index is 1.53. The number of aromatic nitrogens is 2. The van der Waals surface area contributed by atoms with Gasteiger partial charge in [0, 0.05) is 24.9 Å². The molecular weight excluding hydrogens is 326 g/mol. The van der Waals surface area contributed by atoms with Crippen LogP contribution in [0.15, 0.2) is 36.7 Å². The van der Waals surface area contributed by atoms with Crippen molar-refractivity contribution in [2.75, 3.05) is 6.54 Å². The average Bonchev–Trinajstić information content (AvgIpc) is 3.50. The van der Waals surface area contributed by atoms with Crippen molar-refractivity contribution in [1.82, 2.24) is 14.9 Å². The number of piperidine rings is 1. The molecule has 2 fully saturated rings. The number of rotatable bonds is 4. The maximum Gasteiger partial charge on any atom is 0.257 e. The number of aliphatic hydroxyl groups is 1. The number of benzene rings is 1. The minimum Gasteiger partial charge on any atom is -0.391 e. The van der Waals surface area contributed by atoms with Crippen LogP contribution in [-0.4, -0.2) is 44.6 Å². The summed E-state index contributed by atoms with van der Waals surface area (Å²) >= 11 is 0. The molecule has 0 radical (unpaired) electrons. The Morgan fingerprint density at radius 2 is 1.85 bits per heavy atom. The van der Waals surface area contributed by atoms with Crippen molar-refractivity contribution >= 4 is 5.91 Å². The van der Waals surface area contributed by atoms with Gasteiger partial charge in [0.1, 0.15) is 5.82 Å². The van der Waals surface area contributed by atoms with E-state index in [2.05, 4.69) is 41.2 Å². The van der Waals surface area contributed by atoms with Crippen LogP contribution in [0.25, 0.3) is 0 Å². The highest BCUT2D eigenvalue weighted by atomic mass is 16.3. The van der Waals surface area contributed by atoms with Gasteiger partial charge < -0.3 is 10.0 Å².